The van der Waals surface area contributed by atoms with Crippen molar-refractivity contribution in [3.63, 3.8) is 0 Å². The Morgan fingerprint density at radius 3 is 2.90 bits per heavy atom. The molecule has 0 spiro atoms. The Labute approximate surface area is 121 Å². The lowest BCUT2D eigenvalue weighted by Gasteiger charge is -2.32. The van der Waals surface area contributed by atoms with E-state index in [0.717, 1.165) is 17.8 Å². The summed E-state index contributed by atoms with van der Waals surface area (Å²) in [6, 6.07) is 6.25. The van der Waals surface area contributed by atoms with Crippen molar-refractivity contribution >= 4 is 11.7 Å². The van der Waals surface area contributed by atoms with Gasteiger partial charge >= 0.3 is 5.97 Å². The normalized spacial score (nSPS) is 19.6. The molecule has 1 fully saturated rings. The van der Waals surface area contributed by atoms with Crippen molar-refractivity contribution in [1.29, 1.82) is 0 Å². The number of piperidine rings is 1. The number of hydrogen-bond donors (Lipinski definition) is 1. The maximum atomic E-state index is 11.5. The van der Waals surface area contributed by atoms with Crippen molar-refractivity contribution in [3.05, 3.63) is 29.3 Å². The second kappa shape index (κ2) is 6.75. The zero-order chi connectivity index (χ0) is 14.5. The van der Waals surface area contributed by atoms with Crippen molar-refractivity contribution in [2.45, 2.75) is 32.2 Å². The molecule has 2 rings (SSSR count). The molecular weight excluding hydrogens is 252 g/mol. The van der Waals surface area contributed by atoms with Crippen LogP contribution in [0, 0.1) is 6.92 Å². The monoisotopic (exact) mass is 276 g/mol. The topological polar surface area (TPSA) is 41.6 Å². The van der Waals surface area contributed by atoms with E-state index in [-0.39, 0.29) is 5.97 Å². The molecule has 0 saturated carbocycles. The Bertz CT molecular complexity index is 474. The van der Waals surface area contributed by atoms with Gasteiger partial charge in [0.15, 0.2) is 0 Å². The summed E-state index contributed by atoms with van der Waals surface area (Å²) < 4.78 is 4.73. The van der Waals surface area contributed by atoms with E-state index in [9.17, 15) is 4.79 Å². The van der Waals surface area contributed by atoms with Gasteiger partial charge in [-0.1, -0.05) is 6.42 Å². The van der Waals surface area contributed by atoms with E-state index in [1.165, 1.54) is 32.9 Å². The zero-order valence-corrected chi connectivity index (χ0v) is 12.6. The maximum Gasteiger partial charge on any atom is 0.337 e. The smallest absolute Gasteiger partial charge is 0.337 e. The van der Waals surface area contributed by atoms with Gasteiger partial charge in [0.25, 0.3) is 0 Å². The third-order valence-electron chi connectivity index (χ3n) is 4.10. The lowest BCUT2D eigenvalue weighted by Crippen LogP contribution is -2.40. The number of likely N-dealkylation sites (tertiary alicyclic amines) is 1. The van der Waals surface area contributed by atoms with Gasteiger partial charge in [-0.05, 0) is 57.1 Å². The number of esters is 1. The summed E-state index contributed by atoms with van der Waals surface area (Å²) >= 11 is 0. The largest absolute Gasteiger partial charge is 0.465 e. The number of likely N-dealkylation sites (N-methyl/N-ethyl adjacent to an activating group) is 1. The lowest BCUT2D eigenvalue weighted by molar-refractivity contribution is 0.0600. The molecule has 0 amide bonds. The van der Waals surface area contributed by atoms with Crippen LogP contribution < -0.4 is 5.32 Å². The molecule has 0 aliphatic carbocycles. The first-order valence-corrected chi connectivity index (χ1v) is 7.25. The van der Waals surface area contributed by atoms with Crippen LogP contribution in [0.25, 0.3) is 0 Å². The molecule has 1 aromatic rings. The fourth-order valence-electron chi connectivity index (χ4n) is 2.74. The van der Waals surface area contributed by atoms with Crippen molar-refractivity contribution < 1.29 is 9.53 Å². The number of nitrogens with zero attached hydrogens (tertiary/aromatic N) is 1. The van der Waals surface area contributed by atoms with E-state index in [1.54, 1.807) is 0 Å². The number of ether oxygens (including phenoxy) is 1. The van der Waals surface area contributed by atoms with Gasteiger partial charge in [-0.3, -0.25) is 0 Å². The first kappa shape index (κ1) is 14.9. The number of anilines is 1. The fraction of sp³-hybridized carbons (Fsp3) is 0.562. The van der Waals surface area contributed by atoms with E-state index < -0.39 is 0 Å². The summed E-state index contributed by atoms with van der Waals surface area (Å²) in [5.74, 6) is -0.285. The molecule has 4 heteroatoms. The van der Waals surface area contributed by atoms with Gasteiger partial charge in [0.05, 0.1) is 12.7 Å². The first-order chi connectivity index (χ1) is 9.61. The van der Waals surface area contributed by atoms with Crippen molar-refractivity contribution in [3.8, 4) is 0 Å². The van der Waals surface area contributed by atoms with Gasteiger partial charge in [0, 0.05) is 18.3 Å². The van der Waals surface area contributed by atoms with Crippen LogP contribution in [-0.2, 0) is 4.74 Å². The van der Waals surface area contributed by atoms with Gasteiger partial charge in [-0.15, -0.1) is 0 Å². The van der Waals surface area contributed by atoms with Crippen LogP contribution in [0.3, 0.4) is 0 Å². The highest BCUT2D eigenvalue weighted by molar-refractivity contribution is 5.90. The van der Waals surface area contributed by atoms with Crippen LogP contribution in [-0.4, -0.2) is 44.2 Å². The SMILES string of the molecule is COC(=O)c1ccc(NCC2CCCCN2C)c(C)c1. The Balaban J connectivity index is 1.97. The van der Waals surface area contributed by atoms with Gasteiger partial charge in [0.1, 0.15) is 0 Å². The lowest BCUT2D eigenvalue weighted by atomic mass is 10.0. The summed E-state index contributed by atoms with van der Waals surface area (Å²) in [5.41, 5.74) is 2.77. The summed E-state index contributed by atoms with van der Waals surface area (Å²) in [7, 11) is 3.60. The highest BCUT2D eigenvalue weighted by Gasteiger charge is 2.18. The molecular formula is C16H24N2O2. The average Bonchev–Trinajstić information content (AvgIpc) is 2.46. The quantitative estimate of drug-likeness (QED) is 0.859. The molecule has 1 unspecified atom stereocenters. The minimum atomic E-state index is -0.285. The second-order valence-electron chi connectivity index (χ2n) is 5.53. The zero-order valence-electron chi connectivity index (χ0n) is 12.6. The van der Waals surface area contributed by atoms with Crippen molar-refractivity contribution in [2.75, 3.05) is 32.6 Å². The molecule has 1 aromatic carbocycles. The van der Waals surface area contributed by atoms with E-state index in [1.807, 2.05) is 25.1 Å². The van der Waals surface area contributed by atoms with Crippen molar-refractivity contribution in [2.24, 2.45) is 0 Å². The highest BCUT2D eigenvalue weighted by Crippen LogP contribution is 2.19. The molecule has 0 bridgehead atoms. The predicted molar refractivity (Wildman–Crippen MR) is 81.3 cm³/mol. The molecule has 110 valence electrons. The Morgan fingerprint density at radius 1 is 1.45 bits per heavy atom. The highest BCUT2D eigenvalue weighted by atomic mass is 16.5. The summed E-state index contributed by atoms with van der Waals surface area (Å²) in [6.45, 7) is 4.15. The first-order valence-electron chi connectivity index (χ1n) is 7.25. The molecule has 1 aliphatic rings. The molecule has 1 saturated heterocycles. The predicted octanol–water partition coefficient (Wildman–Crippen LogP) is 2.68. The number of carbonyl (C=O) groups excluding carboxylic acids is 1. The van der Waals surface area contributed by atoms with E-state index in [2.05, 4.69) is 17.3 Å². The summed E-state index contributed by atoms with van der Waals surface area (Å²) in [5, 5.41) is 3.50. The standard InChI is InChI=1S/C16H24N2O2/c1-12-10-13(16(19)20-3)7-8-15(12)17-11-14-6-4-5-9-18(14)2/h7-8,10,14,17H,4-6,9,11H2,1-3H3. The van der Waals surface area contributed by atoms with Crippen LogP contribution in [0.2, 0.25) is 0 Å². The van der Waals surface area contributed by atoms with Gasteiger partial charge in [-0.2, -0.15) is 0 Å². The fourth-order valence-corrected chi connectivity index (χ4v) is 2.74. The minimum Gasteiger partial charge on any atom is -0.465 e. The Morgan fingerprint density at radius 2 is 2.25 bits per heavy atom. The van der Waals surface area contributed by atoms with Gasteiger partial charge < -0.3 is 15.0 Å². The second-order valence-corrected chi connectivity index (χ2v) is 5.53. The van der Waals surface area contributed by atoms with Crippen LogP contribution >= 0.6 is 0 Å². The molecule has 1 atom stereocenters. The minimum absolute atomic E-state index is 0.285. The molecule has 20 heavy (non-hydrogen) atoms. The molecule has 1 heterocycles. The Hall–Kier alpha value is -1.55. The van der Waals surface area contributed by atoms with E-state index in [0.29, 0.717) is 11.6 Å². The number of methoxy groups -OCH3 is 1. The Kier molecular flexibility index (Phi) is 5.01. The molecule has 0 radical (unpaired) electrons. The third-order valence-corrected chi connectivity index (χ3v) is 4.10. The molecule has 1 aliphatic heterocycles. The average molecular weight is 276 g/mol. The van der Waals surface area contributed by atoms with Gasteiger partial charge in [0.2, 0.25) is 0 Å². The number of carbonyl (C=O) groups is 1. The third kappa shape index (κ3) is 3.51. The van der Waals surface area contributed by atoms with Crippen molar-refractivity contribution in [1.82, 2.24) is 4.90 Å². The number of nitrogens with one attached hydrogen (secondary N) is 1. The van der Waals surface area contributed by atoms with Crippen LogP contribution in [0.5, 0.6) is 0 Å². The van der Waals surface area contributed by atoms with E-state index >= 15 is 0 Å². The number of benzene rings is 1. The molecule has 0 aromatic heterocycles. The number of hydrogen-bond acceptors (Lipinski definition) is 4. The van der Waals surface area contributed by atoms with Crippen LogP contribution in [0.1, 0.15) is 35.2 Å². The maximum absolute atomic E-state index is 11.5. The van der Waals surface area contributed by atoms with E-state index in [4.69, 9.17) is 4.74 Å². The number of rotatable bonds is 4. The molecule has 1 N–H and O–H groups in total. The van der Waals surface area contributed by atoms with Gasteiger partial charge in [-0.25, -0.2) is 4.79 Å². The number of aryl methyl sites for hydroxylation is 1. The van der Waals surface area contributed by atoms with Crippen LogP contribution in [0.4, 0.5) is 5.69 Å². The summed E-state index contributed by atoms with van der Waals surface area (Å²) in [4.78, 5) is 13.9. The molecule has 4 nitrogen and oxygen atoms in total. The summed E-state index contributed by atoms with van der Waals surface area (Å²) in [6.07, 6.45) is 3.87. The van der Waals surface area contributed by atoms with Crippen LogP contribution in [0.15, 0.2) is 18.2 Å².